The van der Waals surface area contributed by atoms with E-state index < -0.39 is 11.7 Å². The zero-order valence-electron chi connectivity index (χ0n) is 20.0. The Morgan fingerprint density at radius 1 is 1.06 bits per heavy atom. The zero-order valence-corrected chi connectivity index (χ0v) is 20.0. The molecule has 0 bridgehead atoms. The first-order valence-electron chi connectivity index (χ1n) is 11.8. The minimum atomic E-state index is -0.603. The van der Waals surface area contributed by atoms with E-state index in [2.05, 4.69) is 5.32 Å². The first kappa shape index (κ1) is 24.4. The maximum absolute atomic E-state index is 13.0. The standard InChI is InChI=1S/C26H30N2O7/c1-32-22-15-18(19(16-23(22)33-2)27-24(29)17-9-4-3-5-10-17)25(30)34-14-8-13-28-20-11-6-7-12-21(20)35-26(28)31/h6-7,11-12,15-17H,3-5,8-10,13-14H2,1-2H3,(H,27,29). The number of oxazole rings is 1. The molecule has 1 N–H and O–H groups in total. The summed E-state index contributed by atoms with van der Waals surface area (Å²) < 4.78 is 22.9. The third kappa shape index (κ3) is 5.50. The molecule has 2 aromatic carbocycles. The summed E-state index contributed by atoms with van der Waals surface area (Å²) in [6.45, 7) is 0.412. The van der Waals surface area contributed by atoms with Gasteiger partial charge in [0.05, 0.1) is 37.6 Å². The summed E-state index contributed by atoms with van der Waals surface area (Å²) in [6.07, 6.45) is 5.26. The van der Waals surface area contributed by atoms with Gasteiger partial charge in [0.2, 0.25) is 5.91 Å². The van der Waals surface area contributed by atoms with Crippen LogP contribution in [0.5, 0.6) is 11.5 Å². The molecule has 1 heterocycles. The quantitative estimate of drug-likeness (QED) is 0.356. The van der Waals surface area contributed by atoms with Gasteiger partial charge in [0.1, 0.15) is 0 Å². The summed E-state index contributed by atoms with van der Waals surface area (Å²) in [5, 5.41) is 2.89. The molecule has 4 rings (SSSR count). The van der Waals surface area contributed by atoms with Crippen molar-refractivity contribution in [2.75, 3.05) is 26.1 Å². The number of hydrogen-bond donors (Lipinski definition) is 1. The smallest absolute Gasteiger partial charge is 0.419 e. The second-order valence-electron chi connectivity index (χ2n) is 8.55. The van der Waals surface area contributed by atoms with Crippen molar-refractivity contribution in [3.05, 3.63) is 52.5 Å². The predicted octanol–water partition coefficient (Wildman–Crippen LogP) is 4.38. The second kappa shape index (κ2) is 11.1. The van der Waals surface area contributed by atoms with Crippen molar-refractivity contribution in [2.45, 2.75) is 45.1 Å². The van der Waals surface area contributed by atoms with Crippen molar-refractivity contribution in [3.63, 3.8) is 0 Å². The molecule has 35 heavy (non-hydrogen) atoms. The van der Waals surface area contributed by atoms with Crippen molar-refractivity contribution in [2.24, 2.45) is 5.92 Å². The Morgan fingerprint density at radius 3 is 2.51 bits per heavy atom. The lowest BCUT2D eigenvalue weighted by molar-refractivity contribution is -0.120. The highest BCUT2D eigenvalue weighted by atomic mass is 16.5. The van der Waals surface area contributed by atoms with Gasteiger partial charge >= 0.3 is 11.7 Å². The molecule has 1 saturated carbocycles. The molecule has 186 valence electrons. The molecular weight excluding hydrogens is 452 g/mol. The van der Waals surface area contributed by atoms with Crippen LogP contribution in [0.4, 0.5) is 5.69 Å². The number of aryl methyl sites for hydroxylation is 1. The van der Waals surface area contributed by atoms with Crippen LogP contribution < -0.4 is 20.5 Å². The van der Waals surface area contributed by atoms with Crippen LogP contribution in [0.3, 0.4) is 0 Å². The van der Waals surface area contributed by atoms with Crippen LogP contribution in [0.1, 0.15) is 48.9 Å². The molecule has 0 saturated heterocycles. The van der Waals surface area contributed by atoms with Gasteiger partial charge in [-0.1, -0.05) is 31.4 Å². The predicted molar refractivity (Wildman–Crippen MR) is 130 cm³/mol. The highest BCUT2D eigenvalue weighted by molar-refractivity contribution is 6.02. The monoisotopic (exact) mass is 482 g/mol. The van der Waals surface area contributed by atoms with Crippen LogP contribution in [0, 0.1) is 5.92 Å². The van der Waals surface area contributed by atoms with Crippen molar-refractivity contribution in [1.29, 1.82) is 0 Å². The van der Waals surface area contributed by atoms with Crippen LogP contribution in [-0.2, 0) is 16.1 Å². The minimum absolute atomic E-state index is 0.0785. The van der Waals surface area contributed by atoms with Crippen LogP contribution >= 0.6 is 0 Å². The number of rotatable bonds is 9. The fraction of sp³-hybridized carbons (Fsp3) is 0.423. The van der Waals surface area contributed by atoms with E-state index in [4.69, 9.17) is 18.6 Å². The van der Waals surface area contributed by atoms with Crippen molar-refractivity contribution >= 4 is 28.7 Å². The zero-order chi connectivity index (χ0) is 24.8. The van der Waals surface area contributed by atoms with E-state index in [1.165, 1.54) is 24.9 Å². The number of benzene rings is 2. The number of anilines is 1. The third-order valence-electron chi connectivity index (χ3n) is 6.31. The lowest BCUT2D eigenvalue weighted by Crippen LogP contribution is -2.26. The largest absolute Gasteiger partial charge is 0.493 e. The molecule has 1 aromatic heterocycles. The number of aromatic nitrogens is 1. The summed E-state index contributed by atoms with van der Waals surface area (Å²) in [5.74, 6) is -0.499. The Morgan fingerprint density at radius 2 is 1.77 bits per heavy atom. The molecule has 1 amide bonds. The molecule has 0 radical (unpaired) electrons. The topological polar surface area (TPSA) is 109 Å². The molecule has 1 fully saturated rings. The third-order valence-corrected chi connectivity index (χ3v) is 6.31. The normalized spacial score (nSPS) is 14.0. The highest BCUT2D eigenvalue weighted by Crippen LogP contribution is 2.35. The Kier molecular flexibility index (Phi) is 7.74. The van der Waals surface area contributed by atoms with Crippen LogP contribution in [0.2, 0.25) is 0 Å². The van der Waals surface area contributed by atoms with Gasteiger partial charge in [-0.15, -0.1) is 0 Å². The number of nitrogens with zero attached hydrogens (tertiary/aromatic N) is 1. The summed E-state index contributed by atoms with van der Waals surface area (Å²) >= 11 is 0. The van der Waals surface area contributed by atoms with E-state index >= 15 is 0 Å². The molecule has 9 heteroatoms. The van der Waals surface area contributed by atoms with Crippen molar-refractivity contribution in [3.8, 4) is 11.5 Å². The minimum Gasteiger partial charge on any atom is -0.493 e. The number of para-hydroxylation sites is 2. The first-order chi connectivity index (χ1) is 17.0. The first-order valence-corrected chi connectivity index (χ1v) is 11.8. The number of hydrogen-bond acceptors (Lipinski definition) is 7. The van der Waals surface area contributed by atoms with Crippen LogP contribution in [0.25, 0.3) is 11.1 Å². The molecule has 0 unspecified atom stereocenters. The maximum Gasteiger partial charge on any atom is 0.419 e. The molecule has 1 aliphatic carbocycles. The highest BCUT2D eigenvalue weighted by Gasteiger charge is 2.25. The van der Waals surface area contributed by atoms with Gasteiger partial charge in [0, 0.05) is 24.6 Å². The fourth-order valence-corrected chi connectivity index (χ4v) is 4.44. The van der Waals surface area contributed by atoms with Gasteiger partial charge in [0.15, 0.2) is 17.1 Å². The van der Waals surface area contributed by atoms with Gasteiger partial charge in [-0.05, 0) is 31.4 Å². The number of ether oxygens (including phenoxy) is 3. The molecule has 3 aromatic rings. The van der Waals surface area contributed by atoms with Gasteiger partial charge < -0.3 is 23.9 Å². The Bertz CT molecular complexity index is 1250. The van der Waals surface area contributed by atoms with E-state index in [0.29, 0.717) is 41.3 Å². The Labute approximate surface area is 203 Å². The van der Waals surface area contributed by atoms with E-state index in [1.54, 1.807) is 24.3 Å². The summed E-state index contributed by atoms with van der Waals surface area (Å²) in [5.41, 5.74) is 1.70. The second-order valence-corrected chi connectivity index (χ2v) is 8.55. The number of nitrogens with one attached hydrogen (secondary N) is 1. The van der Waals surface area contributed by atoms with Crippen molar-refractivity contribution in [1.82, 2.24) is 4.57 Å². The average molecular weight is 483 g/mol. The van der Waals surface area contributed by atoms with Gasteiger partial charge in [-0.25, -0.2) is 9.59 Å². The van der Waals surface area contributed by atoms with Gasteiger partial charge in [0.25, 0.3) is 0 Å². The van der Waals surface area contributed by atoms with E-state index in [0.717, 1.165) is 32.1 Å². The summed E-state index contributed by atoms with van der Waals surface area (Å²) in [4.78, 5) is 37.9. The van der Waals surface area contributed by atoms with Crippen LogP contribution in [-0.4, -0.2) is 37.3 Å². The molecule has 0 aliphatic heterocycles. The van der Waals surface area contributed by atoms with Crippen molar-refractivity contribution < 1.29 is 28.2 Å². The number of amides is 1. The Balaban J connectivity index is 1.45. The number of fused-ring (bicyclic) bond motifs is 1. The molecule has 9 nitrogen and oxygen atoms in total. The lowest BCUT2D eigenvalue weighted by atomic mass is 9.88. The number of carbonyl (C=O) groups excluding carboxylic acids is 2. The number of carbonyl (C=O) groups is 2. The fourth-order valence-electron chi connectivity index (χ4n) is 4.44. The SMILES string of the molecule is COc1cc(NC(=O)C2CCCCC2)c(C(=O)OCCCn2c(=O)oc3ccccc32)cc1OC. The Hall–Kier alpha value is -3.75. The van der Waals surface area contributed by atoms with Gasteiger partial charge in [-0.3, -0.25) is 9.36 Å². The summed E-state index contributed by atoms with van der Waals surface area (Å²) in [7, 11) is 2.96. The maximum atomic E-state index is 13.0. The van der Waals surface area contributed by atoms with Crippen LogP contribution in [0.15, 0.2) is 45.6 Å². The lowest BCUT2D eigenvalue weighted by Gasteiger charge is -2.22. The number of methoxy groups -OCH3 is 2. The average Bonchev–Trinajstić information content (AvgIpc) is 3.21. The van der Waals surface area contributed by atoms with E-state index in [-0.39, 0.29) is 24.0 Å². The summed E-state index contributed by atoms with van der Waals surface area (Å²) in [6, 6.07) is 10.2. The molecule has 0 atom stereocenters. The van der Waals surface area contributed by atoms with E-state index in [1.807, 2.05) is 6.07 Å². The van der Waals surface area contributed by atoms with E-state index in [9.17, 15) is 14.4 Å². The number of esters is 1. The molecular formula is C26H30N2O7. The molecule has 1 aliphatic rings. The van der Waals surface area contributed by atoms with Gasteiger partial charge in [-0.2, -0.15) is 0 Å². The molecule has 0 spiro atoms.